The first-order valence-electron chi connectivity index (χ1n) is 8.48. The molecule has 122 valence electrons. The van der Waals surface area contributed by atoms with Gasteiger partial charge in [-0.05, 0) is 44.4 Å². The van der Waals surface area contributed by atoms with E-state index in [-0.39, 0.29) is 11.9 Å². The Balaban J connectivity index is 1.92. The third kappa shape index (κ3) is 3.53. The highest BCUT2D eigenvalue weighted by molar-refractivity contribution is 6.06. The fraction of sp³-hybridized carbons (Fsp3) is 0.474. The molecule has 0 radical (unpaired) electrons. The van der Waals surface area contributed by atoms with Crippen LogP contribution in [0.5, 0.6) is 0 Å². The fourth-order valence-corrected chi connectivity index (χ4v) is 3.21. The smallest absolute Gasteiger partial charge is 0.252 e. The van der Waals surface area contributed by atoms with E-state index in [0.717, 1.165) is 41.5 Å². The molecule has 1 fully saturated rings. The van der Waals surface area contributed by atoms with Gasteiger partial charge >= 0.3 is 0 Å². The Hall–Kier alpha value is -1.94. The van der Waals surface area contributed by atoms with Gasteiger partial charge in [0.1, 0.15) is 0 Å². The van der Waals surface area contributed by atoms with E-state index in [1.54, 1.807) is 0 Å². The van der Waals surface area contributed by atoms with Gasteiger partial charge in [-0.25, -0.2) is 0 Å². The van der Waals surface area contributed by atoms with Gasteiger partial charge in [0.25, 0.3) is 5.91 Å². The van der Waals surface area contributed by atoms with Crippen molar-refractivity contribution in [3.8, 4) is 0 Å². The number of pyridine rings is 1. The number of hydrogen-bond acceptors (Lipinski definition) is 3. The molecule has 2 heterocycles. The zero-order valence-corrected chi connectivity index (χ0v) is 14.1. The molecule has 2 aromatic rings. The molecular formula is C19H25N3O. The molecular weight excluding hydrogens is 286 g/mol. The monoisotopic (exact) mass is 311 g/mol. The number of benzene rings is 1. The van der Waals surface area contributed by atoms with Crippen LogP contribution in [0.1, 0.15) is 55.6 Å². The molecule has 2 N–H and O–H groups in total. The first kappa shape index (κ1) is 15.9. The van der Waals surface area contributed by atoms with Crippen molar-refractivity contribution in [1.29, 1.82) is 0 Å². The minimum absolute atomic E-state index is 0.0181. The second-order valence-electron chi connectivity index (χ2n) is 6.82. The van der Waals surface area contributed by atoms with Crippen LogP contribution >= 0.6 is 0 Å². The second kappa shape index (κ2) is 6.67. The van der Waals surface area contributed by atoms with Gasteiger partial charge in [-0.3, -0.25) is 9.78 Å². The summed E-state index contributed by atoms with van der Waals surface area (Å²) in [5.74, 6) is 0.314. The van der Waals surface area contributed by atoms with Gasteiger partial charge in [-0.15, -0.1) is 0 Å². The zero-order chi connectivity index (χ0) is 16.4. The minimum atomic E-state index is 0.0181. The van der Waals surface area contributed by atoms with Crippen LogP contribution in [0.3, 0.4) is 0 Å². The summed E-state index contributed by atoms with van der Waals surface area (Å²) < 4.78 is 0. The van der Waals surface area contributed by atoms with Gasteiger partial charge in [-0.2, -0.15) is 0 Å². The summed E-state index contributed by atoms with van der Waals surface area (Å²) in [6.45, 7) is 7.33. The number of para-hydroxylation sites is 1. The average Bonchev–Trinajstić information content (AvgIpc) is 2.53. The Bertz CT molecular complexity index is 711. The van der Waals surface area contributed by atoms with E-state index < -0.39 is 0 Å². The number of aromatic nitrogens is 1. The first-order chi connectivity index (χ1) is 11.0. The van der Waals surface area contributed by atoms with Crippen molar-refractivity contribution in [2.24, 2.45) is 0 Å². The quantitative estimate of drug-likeness (QED) is 0.915. The number of carbonyl (C=O) groups excluding carboxylic acids is 1. The number of nitrogens with zero attached hydrogens (tertiary/aromatic N) is 1. The molecule has 3 rings (SSSR count). The summed E-state index contributed by atoms with van der Waals surface area (Å²) in [4.78, 5) is 17.5. The van der Waals surface area contributed by atoms with E-state index in [0.29, 0.717) is 12.0 Å². The summed E-state index contributed by atoms with van der Waals surface area (Å²) in [6, 6.07) is 10.5. The summed E-state index contributed by atoms with van der Waals surface area (Å²) in [6.07, 6.45) is 1.96. The lowest BCUT2D eigenvalue weighted by Crippen LogP contribution is -2.46. The number of piperidine rings is 1. The second-order valence-corrected chi connectivity index (χ2v) is 6.82. The lowest BCUT2D eigenvalue weighted by Gasteiger charge is -2.28. The van der Waals surface area contributed by atoms with Crippen LogP contribution in [0.4, 0.5) is 0 Å². The van der Waals surface area contributed by atoms with Gasteiger partial charge in [0.2, 0.25) is 0 Å². The van der Waals surface area contributed by atoms with E-state index in [1.165, 1.54) is 0 Å². The predicted octanol–water partition coefficient (Wildman–Crippen LogP) is 3.23. The third-order valence-electron chi connectivity index (χ3n) is 4.53. The molecule has 1 amide bonds. The maximum atomic E-state index is 12.8. The number of rotatable bonds is 3. The van der Waals surface area contributed by atoms with Gasteiger partial charge < -0.3 is 10.6 Å². The summed E-state index contributed by atoms with van der Waals surface area (Å²) in [7, 11) is 0. The van der Waals surface area contributed by atoms with Crippen LogP contribution in [0, 0.1) is 0 Å². The third-order valence-corrected chi connectivity index (χ3v) is 4.53. The van der Waals surface area contributed by atoms with Crippen LogP contribution in [0.15, 0.2) is 30.3 Å². The highest BCUT2D eigenvalue weighted by Crippen LogP contribution is 2.23. The Morgan fingerprint density at radius 2 is 2.13 bits per heavy atom. The van der Waals surface area contributed by atoms with Gasteiger partial charge in [0, 0.05) is 23.2 Å². The standard InChI is InChI=1S/C19H25N3O/c1-12(2)18-11-16(15-6-4-5-7-17(15)22-18)19(23)21-14-8-9-20-13(3)10-14/h4-7,11-14,20H,8-10H2,1-3H3,(H,21,23). The van der Waals surface area contributed by atoms with Crippen LogP contribution in [0.2, 0.25) is 0 Å². The summed E-state index contributed by atoms with van der Waals surface area (Å²) in [5, 5.41) is 7.56. The van der Waals surface area contributed by atoms with Crippen LogP contribution in [-0.2, 0) is 0 Å². The van der Waals surface area contributed by atoms with E-state index in [2.05, 4.69) is 36.4 Å². The molecule has 0 aliphatic carbocycles. The van der Waals surface area contributed by atoms with Crippen molar-refractivity contribution < 1.29 is 4.79 Å². The number of nitrogens with one attached hydrogen (secondary N) is 2. The van der Waals surface area contributed by atoms with Gasteiger partial charge in [-0.1, -0.05) is 32.0 Å². The Morgan fingerprint density at radius 3 is 2.87 bits per heavy atom. The van der Waals surface area contributed by atoms with Crippen molar-refractivity contribution in [1.82, 2.24) is 15.6 Å². The van der Waals surface area contributed by atoms with E-state index in [9.17, 15) is 4.79 Å². The number of hydrogen-bond donors (Lipinski definition) is 2. The maximum Gasteiger partial charge on any atom is 0.252 e. The Kier molecular flexibility index (Phi) is 4.62. The molecule has 0 saturated carbocycles. The van der Waals surface area contributed by atoms with E-state index in [1.807, 2.05) is 30.3 Å². The highest BCUT2D eigenvalue weighted by Gasteiger charge is 2.22. The Labute approximate surface area is 137 Å². The van der Waals surface area contributed by atoms with Crippen LogP contribution in [0.25, 0.3) is 10.9 Å². The van der Waals surface area contributed by atoms with Crippen LogP contribution in [-0.4, -0.2) is 29.5 Å². The van der Waals surface area contributed by atoms with Crippen LogP contribution < -0.4 is 10.6 Å². The van der Waals surface area contributed by atoms with Crippen molar-refractivity contribution >= 4 is 16.8 Å². The number of carbonyl (C=O) groups is 1. The molecule has 2 atom stereocenters. The molecule has 1 aromatic carbocycles. The molecule has 1 aromatic heterocycles. The van der Waals surface area contributed by atoms with E-state index in [4.69, 9.17) is 0 Å². The lowest BCUT2D eigenvalue weighted by molar-refractivity contribution is 0.0927. The molecule has 0 bridgehead atoms. The topological polar surface area (TPSA) is 54.0 Å². The lowest BCUT2D eigenvalue weighted by atomic mass is 9.98. The molecule has 2 unspecified atom stereocenters. The van der Waals surface area contributed by atoms with Crippen molar-refractivity contribution in [2.45, 2.75) is 51.6 Å². The Morgan fingerprint density at radius 1 is 1.35 bits per heavy atom. The maximum absolute atomic E-state index is 12.8. The molecule has 1 aliphatic rings. The fourth-order valence-electron chi connectivity index (χ4n) is 3.21. The SMILES string of the molecule is CC1CC(NC(=O)c2cc(C(C)C)nc3ccccc23)CCN1. The van der Waals surface area contributed by atoms with Gasteiger partial charge in [0.05, 0.1) is 11.1 Å². The highest BCUT2D eigenvalue weighted by atomic mass is 16.1. The molecule has 1 aliphatic heterocycles. The molecule has 4 heteroatoms. The molecule has 0 spiro atoms. The predicted molar refractivity (Wildman–Crippen MR) is 93.8 cm³/mol. The molecule has 4 nitrogen and oxygen atoms in total. The number of fused-ring (bicyclic) bond motifs is 1. The largest absolute Gasteiger partial charge is 0.349 e. The number of amides is 1. The minimum Gasteiger partial charge on any atom is -0.349 e. The van der Waals surface area contributed by atoms with Crippen molar-refractivity contribution in [3.63, 3.8) is 0 Å². The van der Waals surface area contributed by atoms with Crippen molar-refractivity contribution in [3.05, 3.63) is 41.6 Å². The summed E-state index contributed by atoms with van der Waals surface area (Å²) >= 11 is 0. The van der Waals surface area contributed by atoms with Crippen molar-refractivity contribution in [2.75, 3.05) is 6.54 Å². The molecule has 1 saturated heterocycles. The van der Waals surface area contributed by atoms with E-state index >= 15 is 0 Å². The average molecular weight is 311 g/mol. The first-order valence-corrected chi connectivity index (χ1v) is 8.48. The normalized spacial score (nSPS) is 21.6. The van der Waals surface area contributed by atoms with Gasteiger partial charge in [0.15, 0.2) is 0 Å². The molecule has 23 heavy (non-hydrogen) atoms. The summed E-state index contributed by atoms with van der Waals surface area (Å²) in [5.41, 5.74) is 2.60. The zero-order valence-electron chi connectivity index (χ0n) is 14.1.